The molecule has 1 atom stereocenters. The molecule has 1 fully saturated rings. The van der Waals surface area contributed by atoms with Crippen LogP contribution in [0.5, 0.6) is 0 Å². The van der Waals surface area contributed by atoms with Crippen LogP contribution in [0.15, 0.2) is 0 Å². The number of rotatable bonds is 2. The second-order valence-electron chi connectivity index (χ2n) is 2.87. The maximum Gasteiger partial charge on any atom is 0.302 e. The molecule has 1 saturated heterocycles. The average Bonchev–Trinajstić information content (AvgIpc) is 2.31. The van der Waals surface area contributed by atoms with Crippen molar-refractivity contribution in [1.29, 1.82) is 5.26 Å². The van der Waals surface area contributed by atoms with E-state index in [1.807, 2.05) is 6.07 Å². The minimum Gasteiger partial charge on any atom is -0.460 e. The van der Waals surface area contributed by atoms with Gasteiger partial charge in [-0.2, -0.15) is 5.26 Å². The molecular weight excluding hydrogens is 172 g/mol. The van der Waals surface area contributed by atoms with Crippen LogP contribution in [0.25, 0.3) is 0 Å². The second kappa shape index (κ2) is 3.90. The van der Waals surface area contributed by atoms with Crippen LogP contribution >= 0.6 is 0 Å². The molecule has 1 aliphatic rings. The van der Waals surface area contributed by atoms with E-state index in [9.17, 15) is 9.59 Å². The lowest BCUT2D eigenvalue weighted by molar-refractivity contribution is -0.145. The van der Waals surface area contributed by atoms with Gasteiger partial charge in [-0.25, -0.2) is 0 Å². The van der Waals surface area contributed by atoms with Crippen molar-refractivity contribution in [1.82, 2.24) is 4.90 Å². The van der Waals surface area contributed by atoms with Gasteiger partial charge >= 0.3 is 5.97 Å². The van der Waals surface area contributed by atoms with E-state index in [0.717, 1.165) is 0 Å². The number of likely N-dealkylation sites (tertiary alicyclic amines) is 1. The summed E-state index contributed by atoms with van der Waals surface area (Å²) in [7, 11) is 0. The summed E-state index contributed by atoms with van der Waals surface area (Å²) >= 11 is 0. The maximum absolute atomic E-state index is 11.1. The van der Waals surface area contributed by atoms with E-state index in [4.69, 9.17) is 10.00 Å². The van der Waals surface area contributed by atoms with Gasteiger partial charge in [-0.1, -0.05) is 0 Å². The molecule has 0 saturated carbocycles. The van der Waals surface area contributed by atoms with Gasteiger partial charge in [0, 0.05) is 6.92 Å². The van der Waals surface area contributed by atoms with E-state index in [0.29, 0.717) is 6.54 Å². The molecule has 1 rings (SSSR count). The fourth-order valence-electron chi connectivity index (χ4n) is 1.29. The van der Waals surface area contributed by atoms with Crippen LogP contribution in [0.4, 0.5) is 0 Å². The number of esters is 1. The quantitative estimate of drug-likeness (QED) is 0.433. The van der Waals surface area contributed by atoms with Gasteiger partial charge in [0.25, 0.3) is 0 Å². The lowest BCUT2D eigenvalue weighted by atomic mass is 10.3. The third kappa shape index (κ3) is 2.44. The van der Waals surface area contributed by atoms with Crippen molar-refractivity contribution in [3.8, 4) is 6.07 Å². The van der Waals surface area contributed by atoms with Gasteiger partial charge in [-0.05, 0) is 0 Å². The van der Waals surface area contributed by atoms with Gasteiger partial charge in [0.05, 0.1) is 19.0 Å². The molecule has 13 heavy (non-hydrogen) atoms. The predicted octanol–water partition coefficient (Wildman–Crippen LogP) is -0.326. The summed E-state index contributed by atoms with van der Waals surface area (Å²) in [5.74, 6) is -0.524. The van der Waals surface area contributed by atoms with E-state index >= 15 is 0 Å². The number of hydrogen-bond acceptors (Lipinski definition) is 4. The van der Waals surface area contributed by atoms with E-state index in [2.05, 4.69) is 0 Å². The van der Waals surface area contributed by atoms with Crippen molar-refractivity contribution < 1.29 is 14.3 Å². The molecule has 0 aliphatic carbocycles. The molecule has 0 spiro atoms. The summed E-state index contributed by atoms with van der Waals surface area (Å²) in [6.45, 7) is 1.71. The van der Waals surface area contributed by atoms with Crippen LogP contribution in [-0.2, 0) is 14.3 Å². The normalized spacial score (nSPS) is 21.4. The van der Waals surface area contributed by atoms with Crippen molar-refractivity contribution in [2.75, 3.05) is 13.1 Å². The van der Waals surface area contributed by atoms with Crippen molar-refractivity contribution in [3.63, 3.8) is 0 Å². The highest BCUT2D eigenvalue weighted by Crippen LogP contribution is 2.13. The molecule has 0 unspecified atom stereocenters. The number of amides is 1. The van der Waals surface area contributed by atoms with Crippen molar-refractivity contribution in [2.24, 2.45) is 0 Å². The topological polar surface area (TPSA) is 70.4 Å². The molecule has 0 aromatic heterocycles. The lowest BCUT2D eigenvalue weighted by Gasteiger charge is -2.11. The molecule has 0 radical (unpaired) electrons. The van der Waals surface area contributed by atoms with E-state index < -0.39 is 5.97 Å². The molecule has 0 aromatic rings. The molecule has 1 aliphatic heterocycles. The number of nitrogens with zero attached hydrogens (tertiary/aromatic N) is 2. The number of ether oxygens (including phenoxy) is 1. The monoisotopic (exact) mass is 182 g/mol. The van der Waals surface area contributed by atoms with Gasteiger partial charge in [0.1, 0.15) is 12.6 Å². The Labute approximate surface area is 75.9 Å². The molecule has 0 N–H and O–H groups in total. The Hall–Kier alpha value is -1.57. The Bertz CT molecular complexity index is 269. The summed E-state index contributed by atoms with van der Waals surface area (Å²) < 4.78 is 4.85. The minimum absolute atomic E-state index is 0.0661. The van der Waals surface area contributed by atoms with Gasteiger partial charge in [0.2, 0.25) is 5.91 Å². The first-order valence-electron chi connectivity index (χ1n) is 3.95. The largest absolute Gasteiger partial charge is 0.460 e. The molecule has 0 bridgehead atoms. The highest BCUT2D eigenvalue weighted by Gasteiger charge is 2.31. The van der Waals surface area contributed by atoms with Crippen LogP contribution in [0.1, 0.15) is 13.3 Å². The summed E-state index contributed by atoms with van der Waals surface area (Å²) in [4.78, 5) is 23.1. The van der Waals surface area contributed by atoms with Crippen LogP contribution in [0.2, 0.25) is 0 Å². The number of carbonyl (C=O) groups is 2. The summed E-state index contributed by atoms with van der Waals surface area (Å²) in [6.07, 6.45) is -0.181. The first kappa shape index (κ1) is 9.52. The third-order valence-corrected chi connectivity index (χ3v) is 1.77. The summed E-state index contributed by atoms with van der Waals surface area (Å²) in [5, 5.41) is 8.36. The van der Waals surface area contributed by atoms with Crippen LogP contribution < -0.4 is 0 Å². The van der Waals surface area contributed by atoms with Crippen LogP contribution in [0.3, 0.4) is 0 Å². The zero-order chi connectivity index (χ0) is 9.84. The zero-order valence-electron chi connectivity index (χ0n) is 7.32. The summed E-state index contributed by atoms with van der Waals surface area (Å²) in [5.41, 5.74) is 0. The summed E-state index contributed by atoms with van der Waals surface area (Å²) in [6, 6.07) is 1.88. The van der Waals surface area contributed by atoms with Crippen molar-refractivity contribution in [3.05, 3.63) is 0 Å². The molecule has 1 heterocycles. The van der Waals surface area contributed by atoms with Crippen LogP contribution in [-0.4, -0.2) is 36.0 Å². The average molecular weight is 182 g/mol. The first-order valence-corrected chi connectivity index (χ1v) is 3.95. The standard InChI is InChI=1S/C8H10N2O3/c1-6(11)13-7-4-8(12)10(5-7)3-2-9/h7H,3-5H2,1H3/t7-/m1/s1. The van der Waals surface area contributed by atoms with E-state index in [1.165, 1.54) is 11.8 Å². The fraction of sp³-hybridized carbons (Fsp3) is 0.625. The predicted molar refractivity (Wildman–Crippen MR) is 42.4 cm³/mol. The Kier molecular flexibility index (Phi) is 2.85. The fourth-order valence-corrected chi connectivity index (χ4v) is 1.29. The Balaban J connectivity index is 2.46. The number of carbonyl (C=O) groups excluding carboxylic acids is 2. The third-order valence-electron chi connectivity index (χ3n) is 1.77. The maximum atomic E-state index is 11.1. The van der Waals surface area contributed by atoms with Gasteiger partial charge < -0.3 is 9.64 Å². The van der Waals surface area contributed by atoms with Gasteiger partial charge in [-0.15, -0.1) is 0 Å². The number of nitriles is 1. The van der Waals surface area contributed by atoms with Crippen molar-refractivity contribution >= 4 is 11.9 Å². The lowest BCUT2D eigenvalue weighted by Crippen LogP contribution is -2.27. The Morgan fingerprint density at radius 2 is 2.54 bits per heavy atom. The first-order chi connectivity index (χ1) is 6.13. The second-order valence-corrected chi connectivity index (χ2v) is 2.87. The number of hydrogen-bond donors (Lipinski definition) is 0. The highest BCUT2D eigenvalue weighted by molar-refractivity contribution is 5.80. The van der Waals surface area contributed by atoms with E-state index in [1.54, 1.807) is 0 Å². The van der Waals surface area contributed by atoms with E-state index in [-0.39, 0.29) is 25.0 Å². The SMILES string of the molecule is CC(=O)O[C@@H]1CC(=O)N(CC#N)C1. The zero-order valence-corrected chi connectivity index (χ0v) is 7.32. The smallest absolute Gasteiger partial charge is 0.302 e. The minimum atomic E-state index is -0.392. The van der Waals surface area contributed by atoms with Gasteiger partial charge in [-0.3, -0.25) is 9.59 Å². The highest BCUT2D eigenvalue weighted by atomic mass is 16.5. The molecule has 1 amide bonds. The molecule has 5 nitrogen and oxygen atoms in total. The van der Waals surface area contributed by atoms with Crippen molar-refractivity contribution in [2.45, 2.75) is 19.4 Å². The molecule has 70 valence electrons. The molecular formula is C8H10N2O3. The Morgan fingerprint density at radius 3 is 3.08 bits per heavy atom. The molecule has 0 aromatic carbocycles. The van der Waals surface area contributed by atoms with Crippen LogP contribution in [0, 0.1) is 11.3 Å². The molecule has 5 heteroatoms. The Morgan fingerprint density at radius 1 is 1.85 bits per heavy atom. The van der Waals surface area contributed by atoms with Gasteiger partial charge in [0.15, 0.2) is 0 Å².